The molecule has 1 atom stereocenters. The lowest BCUT2D eigenvalue weighted by Crippen LogP contribution is -2.40. The van der Waals surface area contributed by atoms with Crippen molar-refractivity contribution in [2.45, 2.75) is 53.4 Å². The van der Waals surface area contributed by atoms with Crippen molar-refractivity contribution in [2.75, 3.05) is 24.7 Å². The van der Waals surface area contributed by atoms with Gasteiger partial charge in [0.2, 0.25) is 0 Å². The van der Waals surface area contributed by atoms with Crippen LogP contribution in [0.5, 0.6) is 0 Å². The van der Waals surface area contributed by atoms with Crippen LogP contribution in [0.4, 0.5) is 0 Å². The van der Waals surface area contributed by atoms with E-state index in [9.17, 15) is 13.2 Å². The lowest BCUT2D eigenvalue weighted by Gasteiger charge is -2.30. The molecule has 9 heteroatoms. The molecule has 1 saturated heterocycles. The number of carbonyl (C=O) groups excluding carboxylic acids is 1. The fraction of sp³-hybridized carbons (Fsp3) is 0.619. The van der Waals surface area contributed by atoms with Gasteiger partial charge in [-0.2, -0.15) is 0 Å². The van der Waals surface area contributed by atoms with Crippen molar-refractivity contribution >= 4 is 39.1 Å². The Hall–Kier alpha value is -1.71. The number of aryl methyl sites for hydroxylation is 1. The van der Waals surface area contributed by atoms with E-state index in [-0.39, 0.29) is 23.5 Å². The molecule has 2 heterocycles. The van der Waals surface area contributed by atoms with Gasteiger partial charge in [0, 0.05) is 19.1 Å². The number of esters is 1. The highest BCUT2D eigenvalue weighted by molar-refractivity contribution is 7.91. The van der Waals surface area contributed by atoms with E-state index in [4.69, 9.17) is 17.0 Å². The first-order valence-corrected chi connectivity index (χ1v) is 12.7. The molecule has 2 aromatic rings. The summed E-state index contributed by atoms with van der Waals surface area (Å²) in [6, 6.07) is 5.48. The molecule has 0 saturated carbocycles. The van der Waals surface area contributed by atoms with E-state index in [2.05, 4.69) is 18.7 Å². The van der Waals surface area contributed by atoms with Gasteiger partial charge < -0.3 is 13.9 Å². The number of nitrogens with zero attached hydrogens (tertiary/aromatic N) is 3. The number of ether oxygens (including phenoxy) is 1. The molecule has 1 aliphatic rings. The lowest BCUT2D eigenvalue weighted by molar-refractivity contribution is 0.0526. The summed E-state index contributed by atoms with van der Waals surface area (Å²) in [6.07, 6.45) is 0.642. The van der Waals surface area contributed by atoms with Crippen molar-refractivity contribution in [3.05, 3.63) is 28.5 Å². The topological polar surface area (TPSA) is 73.5 Å². The number of fused-ring (bicyclic) bond motifs is 1. The third-order valence-electron chi connectivity index (χ3n) is 5.49. The van der Waals surface area contributed by atoms with Crippen LogP contribution < -0.4 is 0 Å². The molecule has 30 heavy (non-hydrogen) atoms. The molecule has 166 valence electrons. The van der Waals surface area contributed by atoms with E-state index < -0.39 is 9.84 Å². The zero-order valence-electron chi connectivity index (χ0n) is 18.1. The molecule has 0 spiro atoms. The van der Waals surface area contributed by atoms with Crippen LogP contribution in [0, 0.1) is 10.7 Å². The molecule has 7 nitrogen and oxygen atoms in total. The highest BCUT2D eigenvalue weighted by Crippen LogP contribution is 2.24. The molecule has 1 aromatic carbocycles. The predicted molar refractivity (Wildman–Crippen MR) is 121 cm³/mol. The number of carbonyl (C=O) groups is 1. The molecular formula is C21H31N3O4S2. The summed E-state index contributed by atoms with van der Waals surface area (Å²) in [5.41, 5.74) is 2.31. The van der Waals surface area contributed by atoms with Gasteiger partial charge in [0.1, 0.15) is 0 Å². The second kappa shape index (κ2) is 9.20. The highest BCUT2D eigenvalue weighted by Gasteiger charge is 2.33. The molecule has 1 aliphatic heterocycles. The van der Waals surface area contributed by atoms with Crippen LogP contribution in [0.3, 0.4) is 0 Å². The number of sulfone groups is 1. The smallest absolute Gasteiger partial charge is 0.338 e. The largest absolute Gasteiger partial charge is 0.462 e. The lowest BCUT2D eigenvalue weighted by atomic mass is 10.1. The zero-order chi connectivity index (χ0) is 22.1. The predicted octanol–water partition coefficient (Wildman–Crippen LogP) is 3.47. The van der Waals surface area contributed by atoms with E-state index >= 15 is 0 Å². The Labute approximate surface area is 183 Å². The minimum absolute atomic E-state index is 0.0208. The van der Waals surface area contributed by atoms with E-state index in [1.54, 1.807) is 13.0 Å². The SMILES string of the molecule is CCOC(=O)c1ccc2c(c1)n(CN(CC(C)C)C1CCS(=O)(=O)C1)c(=S)n2CC. The van der Waals surface area contributed by atoms with Crippen LogP contribution in [0.2, 0.25) is 0 Å². The third kappa shape index (κ3) is 4.78. The third-order valence-corrected chi connectivity index (χ3v) is 7.68. The standard InChI is InChI=1S/C21H31N3O4S2/c1-5-23-18-8-7-16(20(25)28-6-2)11-19(18)24(21(23)29)14-22(12-15(3)4)17-9-10-30(26,27)13-17/h7-8,11,15,17H,5-6,9-10,12-14H2,1-4H3. The summed E-state index contributed by atoms with van der Waals surface area (Å²) in [7, 11) is -2.99. The van der Waals surface area contributed by atoms with Crippen LogP contribution in [0.25, 0.3) is 11.0 Å². The molecule has 0 N–H and O–H groups in total. The fourth-order valence-corrected chi connectivity index (χ4v) is 6.28. The van der Waals surface area contributed by atoms with Crippen LogP contribution in [-0.4, -0.2) is 59.1 Å². The molecule has 3 rings (SSSR count). The van der Waals surface area contributed by atoms with Gasteiger partial charge in [0.15, 0.2) is 14.6 Å². The molecule has 0 radical (unpaired) electrons. The minimum atomic E-state index is -2.99. The maximum absolute atomic E-state index is 12.3. The average molecular weight is 454 g/mol. The maximum Gasteiger partial charge on any atom is 0.338 e. The second-order valence-corrected chi connectivity index (χ2v) is 10.8. The quantitative estimate of drug-likeness (QED) is 0.450. The minimum Gasteiger partial charge on any atom is -0.462 e. The Morgan fingerprint density at radius 1 is 1.27 bits per heavy atom. The van der Waals surface area contributed by atoms with Crippen LogP contribution in [0.1, 0.15) is 44.5 Å². The van der Waals surface area contributed by atoms with Gasteiger partial charge in [-0.15, -0.1) is 0 Å². The van der Waals surface area contributed by atoms with Gasteiger partial charge >= 0.3 is 5.97 Å². The van der Waals surface area contributed by atoms with E-state index in [0.29, 0.717) is 42.5 Å². The van der Waals surface area contributed by atoms with Crippen molar-refractivity contribution in [1.82, 2.24) is 14.0 Å². The first kappa shape index (κ1) is 23.0. The number of benzene rings is 1. The summed E-state index contributed by atoms with van der Waals surface area (Å²) >= 11 is 5.77. The molecular weight excluding hydrogens is 422 g/mol. The first-order valence-electron chi connectivity index (χ1n) is 10.5. The van der Waals surface area contributed by atoms with Gasteiger partial charge in [0.25, 0.3) is 0 Å². The molecule has 0 aliphatic carbocycles. The van der Waals surface area contributed by atoms with Crippen molar-refractivity contribution in [3.8, 4) is 0 Å². The van der Waals surface area contributed by atoms with Crippen LogP contribution in [0.15, 0.2) is 18.2 Å². The van der Waals surface area contributed by atoms with Crippen molar-refractivity contribution < 1.29 is 17.9 Å². The van der Waals surface area contributed by atoms with Gasteiger partial charge in [-0.1, -0.05) is 13.8 Å². The van der Waals surface area contributed by atoms with Crippen molar-refractivity contribution in [3.63, 3.8) is 0 Å². The summed E-state index contributed by atoms with van der Waals surface area (Å²) in [5.74, 6) is 0.452. The zero-order valence-corrected chi connectivity index (χ0v) is 19.8. The number of aromatic nitrogens is 2. The van der Waals surface area contributed by atoms with E-state index in [1.807, 2.05) is 28.2 Å². The molecule has 1 aromatic heterocycles. The number of hydrogen-bond acceptors (Lipinski definition) is 6. The maximum atomic E-state index is 12.3. The number of rotatable bonds is 8. The second-order valence-electron chi connectivity index (χ2n) is 8.24. The Balaban J connectivity index is 2.05. The Morgan fingerprint density at radius 2 is 2.00 bits per heavy atom. The first-order chi connectivity index (χ1) is 14.2. The van der Waals surface area contributed by atoms with Gasteiger partial charge in [0.05, 0.1) is 41.4 Å². The summed E-state index contributed by atoms with van der Waals surface area (Å²) in [4.78, 5) is 14.5. The Morgan fingerprint density at radius 3 is 2.57 bits per heavy atom. The summed E-state index contributed by atoms with van der Waals surface area (Å²) < 4.78 is 34.1. The van der Waals surface area contributed by atoms with Gasteiger partial charge in [-0.25, -0.2) is 13.2 Å². The Bertz CT molecular complexity index is 1090. The fourth-order valence-electron chi connectivity index (χ4n) is 4.14. The molecule has 0 amide bonds. The van der Waals surface area contributed by atoms with E-state index in [1.165, 1.54) is 0 Å². The van der Waals surface area contributed by atoms with Crippen LogP contribution >= 0.6 is 12.2 Å². The average Bonchev–Trinajstić information content (AvgIpc) is 3.17. The monoisotopic (exact) mass is 453 g/mol. The summed E-state index contributed by atoms with van der Waals surface area (Å²) in [6.45, 7) is 10.4. The number of hydrogen-bond donors (Lipinski definition) is 0. The Kier molecular flexibility index (Phi) is 7.04. The summed E-state index contributed by atoms with van der Waals surface area (Å²) in [5, 5.41) is 0. The van der Waals surface area contributed by atoms with Crippen molar-refractivity contribution in [2.24, 2.45) is 5.92 Å². The molecule has 0 bridgehead atoms. The molecule has 1 unspecified atom stereocenters. The van der Waals surface area contributed by atoms with Gasteiger partial charge in [-0.3, -0.25) is 4.90 Å². The van der Waals surface area contributed by atoms with E-state index in [0.717, 1.165) is 17.6 Å². The normalized spacial score (nSPS) is 18.5. The van der Waals surface area contributed by atoms with Crippen LogP contribution in [-0.2, 0) is 27.8 Å². The highest BCUT2D eigenvalue weighted by atomic mass is 32.2. The van der Waals surface area contributed by atoms with Crippen molar-refractivity contribution in [1.29, 1.82) is 0 Å². The molecule has 1 fully saturated rings. The number of imidazole rings is 1. The van der Waals surface area contributed by atoms with Gasteiger partial charge in [-0.05, 0) is 56.6 Å².